The molecule has 0 aliphatic heterocycles. The minimum Gasteiger partial charge on any atom is -0.778 e. The molecular weight excluding hydrogens is 1590 g/mol. The van der Waals surface area contributed by atoms with Crippen molar-refractivity contribution < 1.29 is 59.0 Å². The molecule has 1 radical (unpaired) electrons. The van der Waals surface area contributed by atoms with Crippen LogP contribution in [0.5, 0.6) is 0 Å². The van der Waals surface area contributed by atoms with E-state index in [-0.39, 0.29) is 35.6 Å². The van der Waals surface area contributed by atoms with E-state index in [9.17, 15) is 28.4 Å². The van der Waals surface area contributed by atoms with Gasteiger partial charge in [-0.05, 0) is 193 Å². The molecule has 0 aromatic rings. The predicted molar refractivity (Wildman–Crippen MR) is 532 cm³/mol. The summed E-state index contributed by atoms with van der Waals surface area (Å²) in [5, 5.41) is 0. The molecule has 121 heavy (non-hydrogen) atoms. The molecule has 0 heterocycles. The fourth-order valence-corrected chi connectivity index (χ4v) is 19.0. The first-order valence-corrected chi connectivity index (χ1v) is 58.8. The van der Waals surface area contributed by atoms with Gasteiger partial charge in [-0.3, -0.25) is 0 Å². The summed E-state index contributed by atoms with van der Waals surface area (Å²) >= 11 is 0. The molecule has 0 aliphatic carbocycles. The van der Waals surface area contributed by atoms with Crippen molar-refractivity contribution in [3.05, 3.63) is 72.9 Å². The van der Waals surface area contributed by atoms with Gasteiger partial charge in [-0.1, -0.05) is 461 Å². The van der Waals surface area contributed by atoms with Crippen LogP contribution in [0, 0.1) is 0 Å². The Labute approximate surface area is 768 Å². The Morgan fingerprint density at radius 2 is 0.256 bits per heavy atom. The zero-order valence-corrected chi connectivity index (χ0v) is 85.7. The largest absolute Gasteiger partial charge is 3.00 e. The Morgan fingerprint density at radius 1 is 0.157 bits per heavy atom. The summed E-state index contributed by atoms with van der Waals surface area (Å²) in [6, 6.07) is 0. The normalized spacial score (nSPS) is 13.5. The van der Waals surface area contributed by atoms with Crippen molar-refractivity contribution in [1.29, 1.82) is 0 Å². The van der Waals surface area contributed by atoms with Gasteiger partial charge in [0.05, 0.1) is 19.8 Å². The van der Waals surface area contributed by atoms with Crippen molar-refractivity contribution in [1.82, 2.24) is 0 Å². The van der Waals surface area contributed by atoms with Crippen LogP contribution in [0.3, 0.4) is 0 Å². The monoisotopic (exact) mass is 1800 g/mol. The van der Waals surface area contributed by atoms with Crippen molar-refractivity contribution in [3.63, 3.8) is 0 Å². The van der Waals surface area contributed by atoms with Crippen LogP contribution in [0.25, 0.3) is 0 Å². The van der Waals surface area contributed by atoms with E-state index in [2.05, 4.69) is 114 Å². The quantitative estimate of drug-likeness (QED) is 0.0251. The zero-order valence-electron chi connectivity index (χ0n) is 81.9. The molecule has 0 amide bonds. The first-order chi connectivity index (χ1) is 58.9. The molecule has 719 valence electrons. The summed E-state index contributed by atoms with van der Waals surface area (Å²) in [6.45, 7) is 14.7. The number of hydrogen-bond donors (Lipinski definition) is 0. The van der Waals surface area contributed by atoms with Gasteiger partial charge in [-0.25, -0.2) is 0 Å². The molecule has 0 bridgehead atoms. The molecule has 0 aromatic carbocycles. The number of rotatable bonds is 99. The zero-order chi connectivity index (χ0) is 87.7. The van der Waals surface area contributed by atoms with Crippen LogP contribution in [-0.4, -0.2) is 38.3 Å². The van der Waals surface area contributed by atoms with E-state index in [1.165, 1.54) is 443 Å². The molecule has 0 saturated carbocycles. The number of unbranched alkanes of at least 4 members (excludes halogenated alkanes) is 72. The average Bonchev–Trinajstić information content (AvgIpc) is 0.951. The fraction of sp³-hybridized carbons (Fsp3) is 0.889. The van der Waals surface area contributed by atoms with Crippen LogP contribution < -0.4 is 14.7 Å². The Kier molecular flexibility index (Phi) is 117. The second-order valence-electron chi connectivity index (χ2n) is 36.1. The molecule has 0 rings (SSSR count). The van der Waals surface area contributed by atoms with Crippen LogP contribution in [-0.2, 0) is 44.3 Å². The van der Waals surface area contributed by atoms with Crippen molar-refractivity contribution in [2.45, 2.75) is 581 Å². The van der Waals surface area contributed by atoms with Crippen molar-refractivity contribution in [3.8, 4) is 0 Å². The summed E-state index contributed by atoms with van der Waals surface area (Å²) in [7, 11) is -10.9. The molecule has 9 nitrogen and oxygen atoms in total. The van der Waals surface area contributed by atoms with Crippen molar-refractivity contribution in [2.75, 3.05) is 38.3 Å². The van der Waals surface area contributed by atoms with Crippen molar-refractivity contribution in [2.24, 2.45) is 0 Å². The topological polar surface area (TPSA) is 148 Å². The van der Waals surface area contributed by atoms with Gasteiger partial charge < -0.3 is 41.9 Å². The van der Waals surface area contributed by atoms with Gasteiger partial charge in [0.1, 0.15) is 22.8 Å². The second kappa shape index (κ2) is 112. The summed E-state index contributed by atoms with van der Waals surface area (Å²) in [5.41, 5.74) is 0. The van der Waals surface area contributed by atoms with Gasteiger partial charge in [0.2, 0.25) is 0 Å². The molecule has 3 unspecified atom stereocenters. The van der Waals surface area contributed by atoms with Crippen LogP contribution in [0.15, 0.2) is 72.9 Å². The van der Waals surface area contributed by atoms with E-state index >= 15 is 0 Å². The standard InChI is InChI=1S/3C36H71O3P.Fe/c3*1-3-5-7-9-11-13-15-17-19-21-23-25-27-29-31-33-35-39-40(37,38)36-34-32-30-28-26-24-22-20-18-16-14-12-10-8-6-4-2;/h3*17-20H,3-16,21-36H2,1-2H3,(H,37,38);/q;;;+3/p-3/b3*19-17-,20-18-;. The van der Waals surface area contributed by atoms with Crippen molar-refractivity contribution >= 4 is 22.8 Å². The third-order valence-electron chi connectivity index (χ3n) is 23.7. The van der Waals surface area contributed by atoms with Gasteiger partial charge >= 0.3 is 17.1 Å². The number of hydrogen-bond acceptors (Lipinski definition) is 9. The molecule has 0 fully saturated rings. The van der Waals surface area contributed by atoms with Crippen LogP contribution in [0.2, 0.25) is 0 Å². The molecule has 0 aliphatic rings. The van der Waals surface area contributed by atoms with E-state index in [1.54, 1.807) is 0 Å². The van der Waals surface area contributed by atoms with Crippen LogP contribution in [0.4, 0.5) is 0 Å². The maximum atomic E-state index is 12.1. The molecule has 13 heteroatoms. The van der Waals surface area contributed by atoms with E-state index in [0.29, 0.717) is 19.8 Å². The summed E-state index contributed by atoms with van der Waals surface area (Å²) in [6.07, 6.45) is 134. The summed E-state index contributed by atoms with van der Waals surface area (Å²) in [4.78, 5) is 36.4. The molecule has 0 N–H and O–H groups in total. The minimum absolute atomic E-state index is 0. The Hall–Kier alpha value is -0.591. The van der Waals surface area contributed by atoms with Gasteiger partial charge in [-0.15, -0.1) is 0 Å². The molecule has 3 atom stereocenters. The van der Waals surface area contributed by atoms with Crippen LogP contribution >= 0.6 is 22.8 Å². The molecule has 0 saturated heterocycles. The maximum Gasteiger partial charge on any atom is 3.00 e. The van der Waals surface area contributed by atoms with E-state index in [1.807, 2.05) is 0 Å². The third kappa shape index (κ3) is 121. The van der Waals surface area contributed by atoms with E-state index in [4.69, 9.17) is 13.6 Å². The molecule has 0 spiro atoms. The Bertz CT molecular complexity index is 2010. The number of allylic oxidation sites excluding steroid dienone is 12. The van der Waals surface area contributed by atoms with Crippen LogP contribution in [0.1, 0.15) is 581 Å². The smallest absolute Gasteiger partial charge is 0.778 e. The predicted octanol–water partition coefficient (Wildman–Crippen LogP) is 37.9. The van der Waals surface area contributed by atoms with Gasteiger partial charge in [0.25, 0.3) is 0 Å². The average molecular weight is 1800 g/mol. The second-order valence-corrected chi connectivity index (χ2v) is 41.9. The summed E-state index contributed by atoms with van der Waals surface area (Å²) < 4.78 is 52.2. The fourth-order valence-electron chi connectivity index (χ4n) is 15.5. The Morgan fingerprint density at radius 3 is 0.380 bits per heavy atom. The first kappa shape index (κ1) is 127. The van der Waals surface area contributed by atoms with Gasteiger partial charge in [0.15, 0.2) is 0 Å². The first-order valence-electron chi connectivity index (χ1n) is 53.6. The third-order valence-corrected chi connectivity index (χ3v) is 28.0. The van der Waals surface area contributed by atoms with E-state index in [0.717, 1.165) is 96.3 Å². The Balaban J connectivity index is -0.000000845. The molecule has 0 aromatic heterocycles. The summed E-state index contributed by atoms with van der Waals surface area (Å²) in [5.74, 6) is 0. The van der Waals surface area contributed by atoms with Gasteiger partial charge in [-0.2, -0.15) is 0 Å². The molecular formula is C108H210FeO9P3. The van der Waals surface area contributed by atoms with E-state index < -0.39 is 22.8 Å². The maximum absolute atomic E-state index is 12.1. The van der Waals surface area contributed by atoms with Gasteiger partial charge in [0, 0.05) is 18.5 Å². The minimum atomic E-state index is -3.64. The SMILES string of the molecule is CCCCCCCC/C=C\CCCCCCCCOP(=O)([O-])CCCCCCCC/C=C\CCCCCCCC.CCCCCCCC/C=C\CCCCCCCCOP(=O)([O-])CCCCCCCC/C=C\CCCCCCCC.CCCCCCCC/C=C\CCCCCCCCOP(=O)([O-])CCCCCCCC/C=C\CCCCCCCC.[Fe+3].